The Hall–Kier alpha value is -2.54. The van der Waals surface area contributed by atoms with E-state index in [9.17, 15) is 9.59 Å². The summed E-state index contributed by atoms with van der Waals surface area (Å²) in [7, 11) is 2.52. The van der Waals surface area contributed by atoms with E-state index in [-0.39, 0.29) is 24.6 Å². The van der Waals surface area contributed by atoms with Gasteiger partial charge in [0.2, 0.25) is 0 Å². The average Bonchev–Trinajstić information content (AvgIpc) is 2.64. The smallest absolute Gasteiger partial charge is 0.355 e. The minimum absolute atomic E-state index is 0.0252. The van der Waals surface area contributed by atoms with E-state index in [4.69, 9.17) is 18.9 Å². The summed E-state index contributed by atoms with van der Waals surface area (Å²) in [5.74, 6) is -0.340. The summed E-state index contributed by atoms with van der Waals surface area (Å²) in [5.41, 5.74) is 0.824. The van der Waals surface area contributed by atoms with Crippen LogP contribution >= 0.6 is 0 Å². The molecular weight excluding hydrogens is 326 g/mol. The van der Waals surface area contributed by atoms with Crippen molar-refractivity contribution in [2.75, 3.05) is 39.1 Å². The van der Waals surface area contributed by atoms with Gasteiger partial charge in [-0.1, -0.05) is 26.0 Å². The van der Waals surface area contributed by atoms with Crippen LogP contribution in [0.25, 0.3) is 0 Å². The van der Waals surface area contributed by atoms with Gasteiger partial charge in [-0.05, 0) is 18.1 Å². The first kappa shape index (κ1) is 18.8. The van der Waals surface area contributed by atoms with Crippen LogP contribution in [0.4, 0.5) is 5.69 Å². The Labute approximate surface area is 147 Å². The molecular formula is C18H23NO6. The van der Waals surface area contributed by atoms with E-state index in [0.29, 0.717) is 24.0 Å². The highest BCUT2D eigenvalue weighted by Crippen LogP contribution is 2.34. The molecule has 0 saturated carbocycles. The van der Waals surface area contributed by atoms with Crippen LogP contribution in [0, 0.1) is 5.92 Å². The van der Waals surface area contributed by atoms with Gasteiger partial charge in [0.15, 0.2) is 0 Å². The summed E-state index contributed by atoms with van der Waals surface area (Å²) in [6, 6.07) is 7.26. The van der Waals surface area contributed by atoms with Crippen LogP contribution in [-0.4, -0.2) is 46.1 Å². The number of benzene rings is 1. The standard InChI is InChI=1S/C18H23NO6/c1-12(2)9-25-15-8-6-5-7-14(15)19-11-24-10-13(17(20)22-3)16(19)18(21)23-4/h5-8,12H,9-11H2,1-4H3. The number of hydrogen-bond donors (Lipinski definition) is 0. The van der Waals surface area contributed by atoms with E-state index in [1.165, 1.54) is 14.2 Å². The van der Waals surface area contributed by atoms with E-state index < -0.39 is 11.9 Å². The fourth-order valence-electron chi connectivity index (χ4n) is 2.39. The number of para-hydroxylation sites is 2. The van der Waals surface area contributed by atoms with Gasteiger partial charge in [-0.3, -0.25) is 0 Å². The summed E-state index contributed by atoms with van der Waals surface area (Å²) >= 11 is 0. The molecule has 0 N–H and O–H groups in total. The van der Waals surface area contributed by atoms with E-state index in [1.54, 1.807) is 17.0 Å². The molecule has 136 valence electrons. The topological polar surface area (TPSA) is 74.3 Å². The van der Waals surface area contributed by atoms with E-state index in [2.05, 4.69) is 0 Å². The molecule has 1 aromatic rings. The quantitative estimate of drug-likeness (QED) is 0.728. The summed E-state index contributed by atoms with van der Waals surface area (Å²) in [4.78, 5) is 25.9. The SMILES string of the molecule is COC(=O)C1=C(C(=O)OC)N(c2ccccc2OCC(C)C)COC1. The van der Waals surface area contributed by atoms with Crippen molar-refractivity contribution in [3.05, 3.63) is 35.5 Å². The number of esters is 2. The second-order valence-corrected chi connectivity index (χ2v) is 5.89. The number of carbonyl (C=O) groups is 2. The van der Waals surface area contributed by atoms with Crippen molar-refractivity contribution in [3.63, 3.8) is 0 Å². The highest BCUT2D eigenvalue weighted by Gasteiger charge is 2.33. The van der Waals surface area contributed by atoms with E-state index >= 15 is 0 Å². The first-order valence-electron chi connectivity index (χ1n) is 7.96. The van der Waals surface area contributed by atoms with Crippen LogP contribution in [0.5, 0.6) is 5.75 Å². The molecule has 2 rings (SSSR count). The molecule has 0 atom stereocenters. The summed E-state index contributed by atoms with van der Waals surface area (Å²) in [6.07, 6.45) is 0. The number of hydrogen-bond acceptors (Lipinski definition) is 7. The molecule has 7 nitrogen and oxygen atoms in total. The van der Waals surface area contributed by atoms with E-state index in [0.717, 1.165) is 0 Å². The van der Waals surface area contributed by atoms with Gasteiger partial charge < -0.3 is 23.8 Å². The van der Waals surface area contributed by atoms with Crippen molar-refractivity contribution in [3.8, 4) is 5.75 Å². The predicted molar refractivity (Wildman–Crippen MR) is 91.1 cm³/mol. The van der Waals surface area contributed by atoms with Gasteiger partial charge >= 0.3 is 11.9 Å². The minimum atomic E-state index is -0.637. The number of rotatable bonds is 6. The zero-order valence-electron chi connectivity index (χ0n) is 14.9. The second kappa shape index (κ2) is 8.53. The second-order valence-electron chi connectivity index (χ2n) is 5.89. The highest BCUT2D eigenvalue weighted by atomic mass is 16.5. The summed E-state index contributed by atoms with van der Waals surface area (Å²) < 4.78 is 21.0. The summed E-state index contributed by atoms with van der Waals surface area (Å²) in [6.45, 7) is 4.67. The Balaban J connectivity index is 2.49. The lowest BCUT2D eigenvalue weighted by molar-refractivity contribution is -0.140. The normalized spacial score (nSPS) is 14.5. The molecule has 0 aliphatic carbocycles. The third-order valence-corrected chi connectivity index (χ3v) is 3.56. The van der Waals surface area contributed by atoms with Gasteiger partial charge in [0.1, 0.15) is 18.2 Å². The van der Waals surface area contributed by atoms with Gasteiger partial charge in [0, 0.05) is 0 Å². The third kappa shape index (κ3) is 4.30. The lowest BCUT2D eigenvalue weighted by Crippen LogP contribution is -2.39. The molecule has 1 aromatic carbocycles. The Morgan fingerprint density at radius 3 is 2.48 bits per heavy atom. The van der Waals surface area contributed by atoms with Gasteiger partial charge in [-0.15, -0.1) is 0 Å². The van der Waals surface area contributed by atoms with Crippen LogP contribution < -0.4 is 9.64 Å². The maximum atomic E-state index is 12.3. The van der Waals surface area contributed by atoms with Crippen molar-refractivity contribution in [1.82, 2.24) is 0 Å². The molecule has 0 amide bonds. The first-order valence-corrected chi connectivity index (χ1v) is 7.96. The number of carbonyl (C=O) groups excluding carboxylic acids is 2. The Morgan fingerprint density at radius 1 is 1.16 bits per heavy atom. The Bertz CT molecular complexity index is 667. The van der Waals surface area contributed by atoms with Crippen LogP contribution in [-0.2, 0) is 23.8 Å². The van der Waals surface area contributed by atoms with Crippen LogP contribution in [0.15, 0.2) is 35.5 Å². The lowest BCUT2D eigenvalue weighted by atomic mass is 10.1. The van der Waals surface area contributed by atoms with Gasteiger partial charge in [-0.25, -0.2) is 9.59 Å². The van der Waals surface area contributed by atoms with Crippen molar-refractivity contribution in [1.29, 1.82) is 0 Å². The lowest BCUT2D eigenvalue weighted by Gasteiger charge is -2.32. The van der Waals surface area contributed by atoms with Crippen molar-refractivity contribution in [2.24, 2.45) is 5.92 Å². The molecule has 1 heterocycles. The number of methoxy groups -OCH3 is 2. The fraction of sp³-hybridized carbons (Fsp3) is 0.444. The molecule has 0 spiro atoms. The molecule has 1 aliphatic heterocycles. The van der Waals surface area contributed by atoms with Crippen molar-refractivity contribution >= 4 is 17.6 Å². The van der Waals surface area contributed by atoms with Crippen LogP contribution in [0.1, 0.15) is 13.8 Å². The molecule has 0 radical (unpaired) electrons. The Morgan fingerprint density at radius 2 is 1.84 bits per heavy atom. The number of ether oxygens (including phenoxy) is 4. The average molecular weight is 349 g/mol. The monoisotopic (exact) mass is 349 g/mol. The minimum Gasteiger partial charge on any atom is -0.491 e. The zero-order chi connectivity index (χ0) is 18.4. The molecule has 7 heteroatoms. The van der Waals surface area contributed by atoms with Gasteiger partial charge in [-0.2, -0.15) is 0 Å². The van der Waals surface area contributed by atoms with Crippen LogP contribution in [0.2, 0.25) is 0 Å². The molecule has 0 aromatic heterocycles. The highest BCUT2D eigenvalue weighted by molar-refractivity contribution is 6.03. The number of anilines is 1. The van der Waals surface area contributed by atoms with E-state index in [1.807, 2.05) is 26.0 Å². The predicted octanol–water partition coefficient (Wildman–Crippen LogP) is 2.12. The number of nitrogens with zero attached hydrogens (tertiary/aromatic N) is 1. The maximum Gasteiger partial charge on any atom is 0.355 e. The molecule has 0 saturated heterocycles. The van der Waals surface area contributed by atoms with Gasteiger partial charge in [0.25, 0.3) is 0 Å². The summed E-state index contributed by atoms with van der Waals surface area (Å²) in [5, 5.41) is 0. The van der Waals surface area contributed by atoms with Crippen molar-refractivity contribution < 1.29 is 28.5 Å². The first-order chi connectivity index (χ1) is 12.0. The largest absolute Gasteiger partial charge is 0.491 e. The Kier molecular flexibility index (Phi) is 6.41. The molecule has 0 bridgehead atoms. The maximum absolute atomic E-state index is 12.3. The zero-order valence-corrected chi connectivity index (χ0v) is 14.9. The van der Waals surface area contributed by atoms with Crippen LogP contribution in [0.3, 0.4) is 0 Å². The molecule has 25 heavy (non-hydrogen) atoms. The molecule has 0 fully saturated rings. The molecule has 1 aliphatic rings. The van der Waals surface area contributed by atoms with Gasteiger partial charge in [0.05, 0.1) is 38.7 Å². The van der Waals surface area contributed by atoms with Crippen molar-refractivity contribution in [2.45, 2.75) is 13.8 Å². The molecule has 0 unspecified atom stereocenters. The third-order valence-electron chi connectivity index (χ3n) is 3.56. The fourth-order valence-corrected chi connectivity index (χ4v) is 2.39.